The molecule has 3 aromatic rings. The van der Waals surface area contributed by atoms with E-state index in [4.69, 9.17) is 11.6 Å². The van der Waals surface area contributed by atoms with Crippen molar-refractivity contribution in [3.63, 3.8) is 0 Å². The van der Waals surface area contributed by atoms with Crippen LogP contribution in [0, 0.1) is 6.92 Å². The molecule has 1 heterocycles. The van der Waals surface area contributed by atoms with Crippen molar-refractivity contribution in [3.05, 3.63) is 53.3 Å². The van der Waals surface area contributed by atoms with Crippen LogP contribution in [0.4, 0.5) is 5.69 Å². The van der Waals surface area contributed by atoms with Crippen LogP contribution in [0.15, 0.2) is 47.6 Å². The molecule has 0 bridgehead atoms. The maximum Gasteiger partial charge on any atom is 0.261 e. The first-order chi connectivity index (χ1) is 9.95. The Balaban J connectivity index is 1.96. The predicted octanol–water partition coefficient (Wildman–Crippen LogP) is 3.33. The summed E-state index contributed by atoms with van der Waals surface area (Å²) in [5, 5.41) is 0.418. The molecule has 7 heteroatoms. The maximum absolute atomic E-state index is 12.3. The zero-order valence-corrected chi connectivity index (χ0v) is 12.7. The summed E-state index contributed by atoms with van der Waals surface area (Å²) in [7, 11) is -3.67. The number of H-pyrrole nitrogens is 1. The van der Waals surface area contributed by atoms with Gasteiger partial charge in [-0.15, -0.1) is 0 Å². The molecule has 0 aliphatic carbocycles. The third kappa shape index (κ3) is 2.72. The number of nitrogens with one attached hydrogen (secondary N) is 2. The van der Waals surface area contributed by atoms with Gasteiger partial charge >= 0.3 is 0 Å². The zero-order chi connectivity index (χ0) is 15.0. The quantitative estimate of drug-likeness (QED) is 0.777. The van der Waals surface area contributed by atoms with Crippen LogP contribution in [0.2, 0.25) is 5.02 Å². The first-order valence-corrected chi connectivity index (χ1v) is 8.04. The van der Waals surface area contributed by atoms with Gasteiger partial charge in [0, 0.05) is 5.02 Å². The van der Waals surface area contributed by atoms with Crippen molar-refractivity contribution in [2.24, 2.45) is 0 Å². The molecule has 0 unspecified atom stereocenters. The number of hydrogen-bond donors (Lipinski definition) is 2. The van der Waals surface area contributed by atoms with Crippen molar-refractivity contribution in [2.75, 3.05) is 4.72 Å². The summed E-state index contributed by atoms with van der Waals surface area (Å²) in [5.41, 5.74) is 2.83. The number of imidazole rings is 1. The number of halogens is 1. The highest BCUT2D eigenvalue weighted by Crippen LogP contribution is 2.23. The van der Waals surface area contributed by atoms with Crippen LogP contribution in [0.25, 0.3) is 11.0 Å². The van der Waals surface area contributed by atoms with E-state index in [1.54, 1.807) is 30.6 Å². The van der Waals surface area contributed by atoms with Crippen molar-refractivity contribution < 1.29 is 8.42 Å². The SMILES string of the molecule is Cc1ccc(S(=O)(=O)Nc2ccc3nc[nH]c3c2)cc1Cl. The van der Waals surface area contributed by atoms with Gasteiger partial charge in [-0.2, -0.15) is 0 Å². The average Bonchev–Trinajstić information content (AvgIpc) is 2.88. The number of anilines is 1. The smallest absolute Gasteiger partial charge is 0.261 e. The Morgan fingerprint density at radius 1 is 1.19 bits per heavy atom. The highest BCUT2D eigenvalue weighted by Gasteiger charge is 2.15. The summed E-state index contributed by atoms with van der Waals surface area (Å²) >= 11 is 5.98. The first kappa shape index (κ1) is 13.9. The normalized spacial score (nSPS) is 11.7. The summed E-state index contributed by atoms with van der Waals surface area (Å²) in [4.78, 5) is 7.15. The van der Waals surface area contributed by atoms with Crippen LogP contribution >= 0.6 is 11.6 Å². The number of fused-ring (bicyclic) bond motifs is 1. The van der Waals surface area contributed by atoms with Crippen LogP contribution in [0.1, 0.15) is 5.56 Å². The molecular formula is C14H12ClN3O2S. The second-order valence-corrected chi connectivity index (χ2v) is 6.74. The first-order valence-electron chi connectivity index (χ1n) is 6.18. The van der Waals surface area contributed by atoms with Gasteiger partial charge in [0.25, 0.3) is 10.0 Å². The van der Waals surface area contributed by atoms with E-state index in [-0.39, 0.29) is 4.90 Å². The van der Waals surface area contributed by atoms with Crippen molar-refractivity contribution >= 4 is 38.3 Å². The third-order valence-corrected chi connectivity index (χ3v) is 4.91. The standard InChI is InChI=1S/C14H12ClN3O2S/c1-9-2-4-11(7-12(9)15)21(19,20)18-10-3-5-13-14(6-10)17-8-16-13/h2-8,18H,1H3,(H,16,17). The Bertz CT molecular complexity index is 919. The number of hydrogen-bond acceptors (Lipinski definition) is 3. The molecule has 0 saturated heterocycles. The summed E-state index contributed by atoms with van der Waals surface area (Å²) in [6.45, 7) is 1.82. The van der Waals surface area contributed by atoms with Gasteiger partial charge in [-0.1, -0.05) is 17.7 Å². The lowest BCUT2D eigenvalue weighted by atomic mass is 10.2. The molecule has 108 valence electrons. The average molecular weight is 322 g/mol. The fourth-order valence-electron chi connectivity index (χ4n) is 1.95. The van der Waals surface area contributed by atoms with Gasteiger partial charge in [0.05, 0.1) is 27.9 Å². The van der Waals surface area contributed by atoms with Gasteiger partial charge in [-0.05, 0) is 42.8 Å². The molecule has 0 radical (unpaired) electrons. The minimum Gasteiger partial charge on any atom is -0.345 e. The van der Waals surface area contributed by atoms with E-state index in [1.165, 1.54) is 12.1 Å². The monoisotopic (exact) mass is 321 g/mol. The summed E-state index contributed by atoms with van der Waals surface area (Å²) in [6.07, 6.45) is 1.56. The van der Waals surface area contributed by atoms with Gasteiger partial charge in [-0.3, -0.25) is 4.72 Å². The highest BCUT2D eigenvalue weighted by atomic mass is 35.5. The van der Waals surface area contributed by atoms with E-state index < -0.39 is 10.0 Å². The second-order valence-electron chi connectivity index (χ2n) is 4.65. The van der Waals surface area contributed by atoms with Gasteiger partial charge in [0.15, 0.2) is 0 Å². The van der Waals surface area contributed by atoms with Gasteiger partial charge in [0.1, 0.15) is 0 Å². The topological polar surface area (TPSA) is 74.8 Å². The molecule has 0 fully saturated rings. The van der Waals surface area contributed by atoms with Crippen LogP contribution < -0.4 is 4.72 Å². The highest BCUT2D eigenvalue weighted by molar-refractivity contribution is 7.92. The second kappa shape index (κ2) is 5.05. The number of rotatable bonds is 3. The lowest BCUT2D eigenvalue weighted by molar-refractivity contribution is 0.601. The van der Waals surface area contributed by atoms with E-state index in [1.807, 2.05) is 6.92 Å². The molecule has 0 saturated carbocycles. The molecule has 2 N–H and O–H groups in total. The minimum absolute atomic E-state index is 0.128. The molecule has 0 atom stereocenters. The van der Waals surface area contributed by atoms with Gasteiger partial charge in [-0.25, -0.2) is 13.4 Å². The summed E-state index contributed by atoms with van der Waals surface area (Å²) in [6, 6.07) is 9.74. The molecule has 3 rings (SSSR count). The number of benzene rings is 2. The number of aromatic nitrogens is 2. The van der Waals surface area contributed by atoms with E-state index >= 15 is 0 Å². The maximum atomic E-state index is 12.3. The fourth-order valence-corrected chi connectivity index (χ4v) is 3.27. The number of sulfonamides is 1. The predicted molar refractivity (Wildman–Crippen MR) is 83.1 cm³/mol. The molecule has 1 aromatic heterocycles. The van der Waals surface area contributed by atoms with Crippen molar-refractivity contribution in [2.45, 2.75) is 11.8 Å². The van der Waals surface area contributed by atoms with Crippen LogP contribution in [0.3, 0.4) is 0 Å². The van der Waals surface area contributed by atoms with Gasteiger partial charge < -0.3 is 4.98 Å². The molecule has 0 spiro atoms. The Hall–Kier alpha value is -2.05. The van der Waals surface area contributed by atoms with E-state index in [2.05, 4.69) is 14.7 Å². The molecule has 21 heavy (non-hydrogen) atoms. The summed E-state index contributed by atoms with van der Waals surface area (Å²) < 4.78 is 27.2. The Morgan fingerprint density at radius 3 is 2.76 bits per heavy atom. The zero-order valence-electron chi connectivity index (χ0n) is 11.1. The number of aryl methyl sites for hydroxylation is 1. The largest absolute Gasteiger partial charge is 0.345 e. The van der Waals surface area contributed by atoms with E-state index in [0.717, 1.165) is 16.6 Å². The molecule has 2 aromatic carbocycles. The minimum atomic E-state index is -3.67. The third-order valence-electron chi connectivity index (χ3n) is 3.13. The van der Waals surface area contributed by atoms with Crippen LogP contribution in [0.5, 0.6) is 0 Å². The van der Waals surface area contributed by atoms with Crippen molar-refractivity contribution in [1.29, 1.82) is 0 Å². The molecule has 0 aliphatic rings. The summed E-state index contributed by atoms with van der Waals surface area (Å²) in [5.74, 6) is 0. The Morgan fingerprint density at radius 2 is 2.00 bits per heavy atom. The van der Waals surface area contributed by atoms with Crippen LogP contribution in [-0.2, 0) is 10.0 Å². The fraction of sp³-hybridized carbons (Fsp3) is 0.0714. The molecule has 5 nitrogen and oxygen atoms in total. The van der Waals surface area contributed by atoms with E-state index in [9.17, 15) is 8.42 Å². The molecule has 0 aliphatic heterocycles. The lowest BCUT2D eigenvalue weighted by Crippen LogP contribution is -2.13. The molecular weight excluding hydrogens is 310 g/mol. The van der Waals surface area contributed by atoms with E-state index in [0.29, 0.717) is 10.7 Å². The van der Waals surface area contributed by atoms with Crippen molar-refractivity contribution in [3.8, 4) is 0 Å². The Labute approximate surface area is 127 Å². The number of nitrogens with zero attached hydrogens (tertiary/aromatic N) is 1. The van der Waals surface area contributed by atoms with Crippen LogP contribution in [-0.4, -0.2) is 18.4 Å². The van der Waals surface area contributed by atoms with Crippen molar-refractivity contribution in [1.82, 2.24) is 9.97 Å². The lowest BCUT2D eigenvalue weighted by Gasteiger charge is -2.09. The Kier molecular flexibility index (Phi) is 3.35. The molecule has 0 amide bonds. The van der Waals surface area contributed by atoms with Gasteiger partial charge in [0.2, 0.25) is 0 Å². The number of aromatic amines is 1.